The van der Waals surface area contributed by atoms with Gasteiger partial charge in [-0.05, 0) is 46.2 Å². The van der Waals surface area contributed by atoms with Crippen molar-refractivity contribution >= 4 is 23.7 Å². The fraction of sp³-hybridized carbons (Fsp3) is 0.167. The molecule has 2 N–H and O–H groups in total. The van der Waals surface area contributed by atoms with E-state index in [9.17, 15) is 17.6 Å². The highest BCUT2D eigenvalue weighted by molar-refractivity contribution is 7.08. The SMILES string of the molecule is Cl.N[C@H](c1ccsc1)c1cc(F)ccc1C(F)(F)F. The summed E-state index contributed by atoms with van der Waals surface area (Å²) >= 11 is 1.33. The molecule has 0 aliphatic heterocycles. The molecule has 0 spiro atoms. The van der Waals surface area contributed by atoms with Gasteiger partial charge in [-0.25, -0.2) is 4.39 Å². The summed E-state index contributed by atoms with van der Waals surface area (Å²) in [5.74, 6) is -0.733. The lowest BCUT2D eigenvalue weighted by Crippen LogP contribution is -2.18. The second-order valence-corrected chi connectivity index (χ2v) is 4.54. The molecule has 0 aliphatic carbocycles. The molecule has 0 saturated heterocycles. The highest BCUT2D eigenvalue weighted by Gasteiger charge is 2.35. The van der Waals surface area contributed by atoms with Crippen LogP contribution >= 0.6 is 23.7 Å². The van der Waals surface area contributed by atoms with Gasteiger partial charge in [-0.2, -0.15) is 24.5 Å². The predicted molar refractivity (Wildman–Crippen MR) is 69.0 cm³/mol. The minimum atomic E-state index is -4.54. The first-order valence-electron chi connectivity index (χ1n) is 5.04. The molecule has 0 bridgehead atoms. The van der Waals surface area contributed by atoms with Crippen LogP contribution in [0.25, 0.3) is 0 Å². The maximum atomic E-state index is 13.1. The Labute approximate surface area is 117 Å². The van der Waals surface area contributed by atoms with E-state index in [1.54, 1.807) is 16.8 Å². The van der Waals surface area contributed by atoms with E-state index in [2.05, 4.69) is 0 Å². The highest BCUT2D eigenvalue weighted by Crippen LogP contribution is 2.36. The van der Waals surface area contributed by atoms with Gasteiger partial charge in [-0.15, -0.1) is 12.4 Å². The fourth-order valence-electron chi connectivity index (χ4n) is 1.68. The van der Waals surface area contributed by atoms with Crippen molar-refractivity contribution in [3.05, 3.63) is 57.5 Å². The number of hydrogen-bond donors (Lipinski definition) is 1. The molecular weight excluding hydrogens is 302 g/mol. The number of rotatable bonds is 2. The summed E-state index contributed by atoms with van der Waals surface area (Å²) in [6.45, 7) is 0. The molecule has 0 saturated carbocycles. The van der Waals surface area contributed by atoms with E-state index in [1.807, 2.05) is 0 Å². The highest BCUT2D eigenvalue weighted by atomic mass is 35.5. The van der Waals surface area contributed by atoms with Crippen LogP contribution in [0.15, 0.2) is 35.0 Å². The second-order valence-electron chi connectivity index (χ2n) is 3.76. The van der Waals surface area contributed by atoms with Crippen LogP contribution in [0.5, 0.6) is 0 Å². The average Bonchev–Trinajstić information content (AvgIpc) is 2.79. The Balaban J connectivity index is 0.00000180. The van der Waals surface area contributed by atoms with Gasteiger partial charge in [-0.3, -0.25) is 0 Å². The van der Waals surface area contributed by atoms with E-state index >= 15 is 0 Å². The third-order valence-electron chi connectivity index (χ3n) is 2.56. The molecule has 1 heterocycles. The number of thiophene rings is 1. The first-order valence-corrected chi connectivity index (χ1v) is 5.98. The van der Waals surface area contributed by atoms with Crippen molar-refractivity contribution in [1.29, 1.82) is 0 Å². The first-order chi connectivity index (χ1) is 8.39. The largest absolute Gasteiger partial charge is 0.416 e. The zero-order valence-electron chi connectivity index (χ0n) is 9.45. The van der Waals surface area contributed by atoms with Crippen LogP contribution in [-0.2, 0) is 6.18 Å². The molecule has 0 fully saturated rings. The Morgan fingerprint density at radius 1 is 1.16 bits per heavy atom. The lowest BCUT2D eigenvalue weighted by Gasteiger charge is -2.17. The standard InChI is InChI=1S/C12H9F4NS.ClH/c13-8-1-2-10(12(14,15)16)9(5-8)11(17)7-3-4-18-6-7;/h1-6,11H,17H2;1H/t11-;/m1./s1. The van der Waals surface area contributed by atoms with Crippen LogP contribution in [0.4, 0.5) is 17.6 Å². The summed E-state index contributed by atoms with van der Waals surface area (Å²) in [4.78, 5) is 0. The van der Waals surface area contributed by atoms with Crippen molar-refractivity contribution in [3.8, 4) is 0 Å². The van der Waals surface area contributed by atoms with Crippen molar-refractivity contribution < 1.29 is 17.6 Å². The molecule has 104 valence electrons. The number of hydrogen-bond acceptors (Lipinski definition) is 2. The molecule has 1 nitrogen and oxygen atoms in total. The molecule has 19 heavy (non-hydrogen) atoms. The van der Waals surface area contributed by atoms with Gasteiger partial charge in [-0.1, -0.05) is 0 Å². The van der Waals surface area contributed by atoms with Crippen molar-refractivity contribution in [3.63, 3.8) is 0 Å². The molecule has 0 radical (unpaired) electrons. The van der Waals surface area contributed by atoms with Gasteiger partial charge in [0, 0.05) is 0 Å². The van der Waals surface area contributed by atoms with Crippen molar-refractivity contribution in [2.24, 2.45) is 5.73 Å². The van der Waals surface area contributed by atoms with Gasteiger partial charge >= 0.3 is 6.18 Å². The van der Waals surface area contributed by atoms with Gasteiger partial charge in [0.2, 0.25) is 0 Å². The first kappa shape index (κ1) is 15.9. The van der Waals surface area contributed by atoms with E-state index in [4.69, 9.17) is 5.73 Å². The quantitative estimate of drug-likeness (QED) is 0.819. The number of nitrogens with two attached hydrogens (primary N) is 1. The van der Waals surface area contributed by atoms with Crippen molar-refractivity contribution in [1.82, 2.24) is 0 Å². The fourth-order valence-corrected chi connectivity index (χ4v) is 2.38. The van der Waals surface area contributed by atoms with Crippen LogP contribution in [0.1, 0.15) is 22.7 Å². The Morgan fingerprint density at radius 2 is 1.84 bits per heavy atom. The van der Waals surface area contributed by atoms with Gasteiger partial charge in [0.15, 0.2) is 0 Å². The van der Waals surface area contributed by atoms with Gasteiger partial charge in [0.05, 0.1) is 11.6 Å². The molecule has 1 atom stereocenters. The lowest BCUT2D eigenvalue weighted by molar-refractivity contribution is -0.138. The molecular formula is C12H10ClF4NS. The van der Waals surface area contributed by atoms with Crippen molar-refractivity contribution in [2.75, 3.05) is 0 Å². The Bertz CT molecular complexity index is 539. The van der Waals surface area contributed by atoms with E-state index < -0.39 is 23.6 Å². The van der Waals surface area contributed by atoms with Crippen LogP contribution in [0.2, 0.25) is 0 Å². The van der Waals surface area contributed by atoms with E-state index in [-0.39, 0.29) is 18.0 Å². The Morgan fingerprint density at radius 3 is 2.37 bits per heavy atom. The lowest BCUT2D eigenvalue weighted by atomic mass is 9.96. The van der Waals surface area contributed by atoms with Crippen LogP contribution in [0, 0.1) is 5.82 Å². The molecule has 0 aliphatic rings. The maximum Gasteiger partial charge on any atom is 0.416 e. The molecule has 7 heteroatoms. The van der Waals surface area contributed by atoms with Crippen LogP contribution < -0.4 is 5.73 Å². The summed E-state index contributed by atoms with van der Waals surface area (Å²) < 4.78 is 51.5. The molecule has 1 aromatic heterocycles. The molecule has 0 amide bonds. The molecule has 1 aromatic carbocycles. The monoisotopic (exact) mass is 311 g/mol. The molecule has 0 unspecified atom stereocenters. The van der Waals surface area contributed by atoms with E-state index in [0.717, 1.165) is 18.2 Å². The number of alkyl halides is 3. The Kier molecular flexibility index (Phi) is 4.95. The molecule has 2 aromatic rings. The zero-order chi connectivity index (χ0) is 13.3. The van der Waals surface area contributed by atoms with Crippen LogP contribution in [-0.4, -0.2) is 0 Å². The maximum absolute atomic E-state index is 13.1. The van der Waals surface area contributed by atoms with E-state index in [0.29, 0.717) is 5.56 Å². The normalized spacial score (nSPS) is 12.9. The minimum Gasteiger partial charge on any atom is -0.320 e. The summed E-state index contributed by atoms with van der Waals surface area (Å²) in [6.07, 6.45) is -4.54. The predicted octanol–water partition coefficient (Wildman–Crippen LogP) is 4.38. The summed E-state index contributed by atoms with van der Waals surface area (Å²) in [6, 6.07) is 2.98. The summed E-state index contributed by atoms with van der Waals surface area (Å²) in [5.41, 5.74) is 5.16. The van der Waals surface area contributed by atoms with Crippen molar-refractivity contribution in [2.45, 2.75) is 12.2 Å². The zero-order valence-corrected chi connectivity index (χ0v) is 11.1. The van der Waals surface area contributed by atoms with Gasteiger partial charge < -0.3 is 5.73 Å². The third kappa shape index (κ3) is 3.46. The topological polar surface area (TPSA) is 26.0 Å². The second kappa shape index (κ2) is 5.90. The smallest absolute Gasteiger partial charge is 0.320 e. The summed E-state index contributed by atoms with van der Waals surface area (Å²) in [5, 5.41) is 3.36. The number of benzene rings is 1. The molecule has 2 rings (SSSR count). The van der Waals surface area contributed by atoms with Gasteiger partial charge in [0.25, 0.3) is 0 Å². The van der Waals surface area contributed by atoms with Gasteiger partial charge in [0.1, 0.15) is 5.82 Å². The van der Waals surface area contributed by atoms with Crippen LogP contribution in [0.3, 0.4) is 0 Å². The number of halogens is 5. The Hall–Kier alpha value is -1.11. The minimum absolute atomic E-state index is 0. The average molecular weight is 312 g/mol. The summed E-state index contributed by atoms with van der Waals surface area (Å²) in [7, 11) is 0. The van der Waals surface area contributed by atoms with E-state index in [1.165, 1.54) is 11.3 Å². The third-order valence-corrected chi connectivity index (χ3v) is 3.26.